The van der Waals surface area contributed by atoms with Gasteiger partial charge in [0.2, 0.25) is 0 Å². The highest BCUT2D eigenvalue weighted by molar-refractivity contribution is 5.71. The summed E-state index contributed by atoms with van der Waals surface area (Å²) in [4.78, 5) is 37.7. The van der Waals surface area contributed by atoms with E-state index in [0.29, 0.717) is 19.3 Å². The van der Waals surface area contributed by atoms with Crippen LogP contribution in [0.2, 0.25) is 0 Å². The van der Waals surface area contributed by atoms with E-state index in [0.717, 1.165) is 109 Å². The number of unbranched alkanes of at least 4 members (excludes halogenated alkanes) is 19. The standard InChI is InChI=1S/C49H84O6/c1-4-7-10-13-16-19-22-23-24-25-26-28-30-33-36-39-42-48(51)54-45-46(44-53-47(50)41-38-35-32-29-21-18-15-12-9-6-3)55-49(52)43-40-37-34-31-27-20-17-14-11-8-5-2/h7,10,15-16,18-19,23-24,26,28,46H,4-6,8-9,11-14,17,20-22,25,27,29-45H2,1-3H3/b10-7-,18-15-,19-16-,24-23-,28-26-. The molecule has 0 aromatic rings. The number of ether oxygens (including phenoxy) is 3. The molecule has 0 aliphatic rings. The molecule has 0 N–H and O–H groups in total. The third kappa shape index (κ3) is 42.1. The Morgan fingerprint density at radius 3 is 1.20 bits per heavy atom. The maximum absolute atomic E-state index is 12.7. The van der Waals surface area contributed by atoms with Crippen LogP contribution < -0.4 is 0 Å². The number of hydrogen-bond acceptors (Lipinski definition) is 6. The third-order valence-corrected chi connectivity index (χ3v) is 9.51. The molecule has 0 rings (SSSR count). The number of carbonyl (C=O) groups is 3. The maximum Gasteiger partial charge on any atom is 0.306 e. The summed E-state index contributed by atoms with van der Waals surface area (Å²) >= 11 is 0. The minimum Gasteiger partial charge on any atom is -0.462 e. The Balaban J connectivity index is 4.42. The highest BCUT2D eigenvalue weighted by atomic mass is 16.6. The molecule has 0 spiro atoms. The lowest BCUT2D eigenvalue weighted by atomic mass is 10.1. The summed E-state index contributed by atoms with van der Waals surface area (Å²) in [6, 6.07) is 0. The molecule has 0 aromatic carbocycles. The summed E-state index contributed by atoms with van der Waals surface area (Å²) < 4.78 is 16.7. The van der Waals surface area contributed by atoms with Crippen molar-refractivity contribution >= 4 is 17.9 Å². The van der Waals surface area contributed by atoms with Crippen molar-refractivity contribution in [1.29, 1.82) is 0 Å². The van der Waals surface area contributed by atoms with Crippen LogP contribution in [-0.4, -0.2) is 37.2 Å². The lowest BCUT2D eigenvalue weighted by Gasteiger charge is -2.18. The van der Waals surface area contributed by atoms with Crippen LogP contribution in [0, 0.1) is 0 Å². The highest BCUT2D eigenvalue weighted by Gasteiger charge is 2.19. The van der Waals surface area contributed by atoms with Gasteiger partial charge in [-0.1, -0.05) is 178 Å². The zero-order chi connectivity index (χ0) is 40.1. The summed E-state index contributed by atoms with van der Waals surface area (Å²) in [5, 5.41) is 0. The Morgan fingerprint density at radius 1 is 0.382 bits per heavy atom. The normalized spacial score (nSPS) is 12.6. The predicted molar refractivity (Wildman–Crippen MR) is 233 cm³/mol. The molecule has 55 heavy (non-hydrogen) atoms. The molecule has 0 amide bonds. The van der Waals surface area contributed by atoms with E-state index >= 15 is 0 Å². The van der Waals surface area contributed by atoms with Crippen molar-refractivity contribution in [2.75, 3.05) is 13.2 Å². The first-order valence-electron chi connectivity index (χ1n) is 22.8. The van der Waals surface area contributed by atoms with E-state index in [2.05, 4.69) is 81.5 Å². The Kier molecular flexibility index (Phi) is 41.5. The number of allylic oxidation sites excluding steroid dienone is 10. The molecule has 6 heteroatoms. The molecule has 6 nitrogen and oxygen atoms in total. The van der Waals surface area contributed by atoms with E-state index in [1.807, 2.05) is 0 Å². The molecule has 1 atom stereocenters. The lowest BCUT2D eigenvalue weighted by molar-refractivity contribution is -0.167. The average Bonchev–Trinajstić information content (AvgIpc) is 3.18. The van der Waals surface area contributed by atoms with E-state index in [4.69, 9.17) is 14.2 Å². The van der Waals surface area contributed by atoms with Crippen molar-refractivity contribution in [1.82, 2.24) is 0 Å². The van der Waals surface area contributed by atoms with Crippen molar-refractivity contribution in [3.63, 3.8) is 0 Å². The lowest BCUT2D eigenvalue weighted by Crippen LogP contribution is -2.30. The maximum atomic E-state index is 12.7. The van der Waals surface area contributed by atoms with Crippen LogP contribution in [0.4, 0.5) is 0 Å². The van der Waals surface area contributed by atoms with Gasteiger partial charge in [0.15, 0.2) is 6.10 Å². The van der Waals surface area contributed by atoms with E-state index in [1.165, 1.54) is 64.2 Å². The Hall–Kier alpha value is -2.89. The molecule has 1 unspecified atom stereocenters. The largest absolute Gasteiger partial charge is 0.462 e. The van der Waals surface area contributed by atoms with E-state index in [1.54, 1.807) is 0 Å². The molecule has 0 saturated heterocycles. The number of esters is 3. The second kappa shape index (κ2) is 43.8. The number of hydrogen-bond donors (Lipinski definition) is 0. The van der Waals surface area contributed by atoms with Gasteiger partial charge in [-0.05, 0) is 77.0 Å². The first-order chi connectivity index (χ1) is 27.0. The van der Waals surface area contributed by atoms with Crippen molar-refractivity contribution in [3.05, 3.63) is 60.8 Å². The molecule has 0 heterocycles. The van der Waals surface area contributed by atoms with Crippen LogP contribution in [0.1, 0.15) is 213 Å². The molecular formula is C49H84O6. The third-order valence-electron chi connectivity index (χ3n) is 9.51. The van der Waals surface area contributed by atoms with Crippen LogP contribution in [0.15, 0.2) is 60.8 Å². The Bertz CT molecular complexity index is 1020. The van der Waals surface area contributed by atoms with Crippen molar-refractivity contribution < 1.29 is 28.6 Å². The topological polar surface area (TPSA) is 78.9 Å². The molecular weight excluding hydrogens is 685 g/mol. The van der Waals surface area contributed by atoms with Gasteiger partial charge in [-0.15, -0.1) is 0 Å². The highest BCUT2D eigenvalue weighted by Crippen LogP contribution is 2.14. The second-order valence-electron chi connectivity index (χ2n) is 14.9. The fraction of sp³-hybridized carbons (Fsp3) is 0.735. The molecule has 0 radical (unpaired) electrons. The minimum atomic E-state index is -0.786. The zero-order valence-corrected chi connectivity index (χ0v) is 35.9. The van der Waals surface area contributed by atoms with Crippen LogP contribution in [-0.2, 0) is 28.6 Å². The predicted octanol–water partition coefficient (Wildman–Crippen LogP) is 14.5. The van der Waals surface area contributed by atoms with Gasteiger partial charge in [-0.3, -0.25) is 14.4 Å². The molecule has 316 valence electrons. The number of rotatable bonds is 40. The average molecular weight is 769 g/mol. The summed E-state index contributed by atoms with van der Waals surface area (Å²) in [5.41, 5.74) is 0. The SMILES string of the molecule is CC/C=C\C/C=C\C/C=C\C/C=C\CCCCCC(=O)OCC(COC(=O)CCCCCC/C=C\CCCC)OC(=O)CCCCCCCCCCCCC. The molecule has 0 aromatic heterocycles. The molecule has 0 aliphatic carbocycles. The van der Waals surface area contributed by atoms with Crippen molar-refractivity contribution in [2.24, 2.45) is 0 Å². The van der Waals surface area contributed by atoms with Crippen LogP contribution in [0.3, 0.4) is 0 Å². The smallest absolute Gasteiger partial charge is 0.306 e. The number of carbonyl (C=O) groups excluding carboxylic acids is 3. The van der Waals surface area contributed by atoms with E-state index in [-0.39, 0.29) is 31.1 Å². The van der Waals surface area contributed by atoms with Gasteiger partial charge in [0.1, 0.15) is 13.2 Å². The van der Waals surface area contributed by atoms with E-state index in [9.17, 15) is 14.4 Å². The zero-order valence-electron chi connectivity index (χ0n) is 35.9. The van der Waals surface area contributed by atoms with Gasteiger partial charge < -0.3 is 14.2 Å². The van der Waals surface area contributed by atoms with Crippen LogP contribution in [0.5, 0.6) is 0 Å². The van der Waals surface area contributed by atoms with Gasteiger partial charge in [0.25, 0.3) is 0 Å². The van der Waals surface area contributed by atoms with Gasteiger partial charge >= 0.3 is 17.9 Å². The second-order valence-corrected chi connectivity index (χ2v) is 14.9. The molecule has 0 fully saturated rings. The first kappa shape index (κ1) is 52.1. The summed E-state index contributed by atoms with van der Waals surface area (Å²) in [6.07, 6.45) is 52.0. The monoisotopic (exact) mass is 769 g/mol. The van der Waals surface area contributed by atoms with Crippen molar-refractivity contribution in [2.45, 2.75) is 219 Å². The minimum absolute atomic E-state index is 0.0897. The summed E-state index contributed by atoms with van der Waals surface area (Å²) in [5.74, 6) is -0.938. The Morgan fingerprint density at radius 2 is 0.727 bits per heavy atom. The van der Waals surface area contributed by atoms with Crippen LogP contribution >= 0.6 is 0 Å². The quantitative estimate of drug-likeness (QED) is 0.0267. The van der Waals surface area contributed by atoms with Gasteiger partial charge in [-0.25, -0.2) is 0 Å². The van der Waals surface area contributed by atoms with E-state index < -0.39 is 6.10 Å². The van der Waals surface area contributed by atoms with Gasteiger partial charge in [0.05, 0.1) is 0 Å². The fourth-order valence-electron chi connectivity index (χ4n) is 6.06. The first-order valence-corrected chi connectivity index (χ1v) is 22.8. The molecule has 0 aliphatic heterocycles. The van der Waals surface area contributed by atoms with Gasteiger partial charge in [0, 0.05) is 19.3 Å². The van der Waals surface area contributed by atoms with Crippen LogP contribution in [0.25, 0.3) is 0 Å². The Labute approximate surface area is 339 Å². The molecule has 0 saturated carbocycles. The fourth-order valence-corrected chi connectivity index (χ4v) is 6.06. The summed E-state index contributed by atoms with van der Waals surface area (Å²) in [7, 11) is 0. The van der Waals surface area contributed by atoms with Crippen molar-refractivity contribution in [3.8, 4) is 0 Å². The summed E-state index contributed by atoms with van der Waals surface area (Å²) in [6.45, 7) is 6.42. The molecule has 0 bridgehead atoms. The van der Waals surface area contributed by atoms with Gasteiger partial charge in [-0.2, -0.15) is 0 Å².